The molecule has 2 N–H and O–H groups in total. The fourth-order valence-electron chi connectivity index (χ4n) is 0.732. The van der Waals surface area contributed by atoms with Crippen molar-refractivity contribution >= 4 is 17.4 Å². The van der Waals surface area contributed by atoms with E-state index >= 15 is 0 Å². The van der Waals surface area contributed by atoms with Gasteiger partial charge in [0, 0.05) is 18.2 Å². The van der Waals surface area contributed by atoms with Crippen LogP contribution in [0, 0.1) is 0 Å². The lowest BCUT2D eigenvalue weighted by Crippen LogP contribution is -2.01. The molecule has 0 saturated carbocycles. The molecular formula is C7H10ClN3. The molecule has 0 aromatic carbocycles. The van der Waals surface area contributed by atoms with Crippen LogP contribution in [0.2, 0.25) is 0 Å². The van der Waals surface area contributed by atoms with Crippen molar-refractivity contribution in [1.82, 2.24) is 9.97 Å². The summed E-state index contributed by atoms with van der Waals surface area (Å²) in [6, 6.07) is 0. The third-order valence-electron chi connectivity index (χ3n) is 1.41. The quantitative estimate of drug-likeness (QED) is 0.684. The number of aromatic nitrogens is 2. The van der Waals surface area contributed by atoms with Crippen molar-refractivity contribution in [2.75, 3.05) is 5.73 Å². The van der Waals surface area contributed by atoms with Crippen molar-refractivity contribution in [3.05, 3.63) is 17.6 Å². The second kappa shape index (κ2) is 3.53. The van der Waals surface area contributed by atoms with Crippen LogP contribution in [0.4, 0.5) is 5.82 Å². The molecule has 0 saturated heterocycles. The number of aryl methyl sites for hydroxylation is 1. The van der Waals surface area contributed by atoms with E-state index in [1.54, 1.807) is 6.20 Å². The van der Waals surface area contributed by atoms with Crippen molar-refractivity contribution in [2.45, 2.75) is 19.2 Å². The molecule has 11 heavy (non-hydrogen) atoms. The van der Waals surface area contributed by atoms with Crippen molar-refractivity contribution in [3.63, 3.8) is 0 Å². The Kier molecular flexibility index (Phi) is 2.65. The lowest BCUT2D eigenvalue weighted by atomic mass is 10.3. The first-order chi connectivity index (χ1) is 5.27. The van der Waals surface area contributed by atoms with Gasteiger partial charge in [0.1, 0.15) is 11.6 Å². The van der Waals surface area contributed by atoms with Gasteiger partial charge in [-0.05, 0) is 0 Å². The Hall–Kier alpha value is -0.830. The first kappa shape index (κ1) is 8.27. The van der Waals surface area contributed by atoms with Crippen LogP contribution in [0.1, 0.15) is 18.3 Å². The number of hydrogen-bond acceptors (Lipinski definition) is 3. The van der Waals surface area contributed by atoms with E-state index in [0.717, 1.165) is 17.8 Å². The van der Waals surface area contributed by atoms with Gasteiger partial charge in [-0.25, -0.2) is 9.97 Å². The molecule has 4 heteroatoms. The van der Waals surface area contributed by atoms with Gasteiger partial charge < -0.3 is 5.73 Å². The highest BCUT2D eigenvalue weighted by Gasteiger charge is 2.00. The molecule has 0 aliphatic carbocycles. The van der Waals surface area contributed by atoms with Crippen LogP contribution in [0.25, 0.3) is 0 Å². The minimum absolute atomic E-state index is 0.371. The molecule has 1 aromatic rings. The van der Waals surface area contributed by atoms with Gasteiger partial charge in [-0.1, -0.05) is 6.92 Å². The number of anilines is 1. The molecule has 0 fully saturated rings. The number of rotatable bonds is 2. The molecule has 1 aromatic heterocycles. The molecule has 60 valence electrons. The topological polar surface area (TPSA) is 51.8 Å². The van der Waals surface area contributed by atoms with Gasteiger partial charge in [0.2, 0.25) is 0 Å². The maximum absolute atomic E-state index is 5.57. The summed E-state index contributed by atoms with van der Waals surface area (Å²) >= 11 is 5.57. The van der Waals surface area contributed by atoms with Crippen LogP contribution < -0.4 is 5.73 Å². The summed E-state index contributed by atoms with van der Waals surface area (Å²) in [7, 11) is 0. The Bertz CT molecular complexity index is 249. The Balaban J connectivity index is 2.99. The van der Waals surface area contributed by atoms with E-state index in [-0.39, 0.29) is 0 Å². The highest BCUT2D eigenvalue weighted by Crippen LogP contribution is 2.09. The smallest absolute Gasteiger partial charge is 0.131 e. The van der Waals surface area contributed by atoms with Crippen molar-refractivity contribution in [2.24, 2.45) is 0 Å². The number of alkyl halides is 1. The van der Waals surface area contributed by atoms with E-state index in [4.69, 9.17) is 17.3 Å². The molecule has 0 bridgehead atoms. The molecule has 0 spiro atoms. The molecule has 0 amide bonds. The average Bonchev–Trinajstić information content (AvgIpc) is 2.04. The molecule has 0 unspecified atom stereocenters. The summed E-state index contributed by atoms with van der Waals surface area (Å²) in [6.45, 7) is 1.98. The summed E-state index contributed by atoms with van der Waals surface area (Å²) in [6.07, 6.45) is 2.47. The molecule has 1 rings (SSSR count). The van der Waals surface area contributed by atoms with Crippen LogP contribution in [-0.2, 0) is 12.3 Å². The molecule has 3 nitrogen and oxygen atoms in total. The van der Waals surface area contributed by atoms with Gasteiger partial charge in [0.15, 0.2) is 0 Å². The zero-order chi connectivity index (χ0) is 8.27. The largest absolute Gasteiger partial charge is 0.383 e. The van der Waals surface area contributed by atoms with E-state index in [1.165, 1.54) is 0 Å². The van der Waals surface area contributed by atoms with Gasteiger partial charge >= 0.3 is 0 Å². The Morgan fingerprint density at radius 1 is 1.64 bits per heavy atom. The average molecular weight is 172 g/mol. The monoisotopic (exact) mass is 171 g/mol. The molecule has 0 atom stereocenters. The maximum atomic E-state index is 5.57. The number of hydrogen-bond donors (Lipinski definition) is 1. The van der Waals surface area contributed by atoms with Gasteiger partial charge in [0.25, 0.3) is 0 Å². The van der Waals surface area contributed by atoms with Gasteiger partial charge in [-0.3, -0.25) is 0 Å². The predicted octanol–water partition coefficient (Wildman–Crippen LogP) is 1.36. The van der Waals surface area contributed by atoms with Gasteiger partial charge in [-0.15, -0.1) is 11.6 Å². The molecule has 0 radical (unpaired) electrons. The number of nitrogens with two attached hydrogens (primary N) is 1. The molecule has 0 aliphatic rings. The van der Waals surface area contributed by atoms with Crippen LogP contribution in [-0.4, -0.2) is 9.97 Å². The first-order valence-electron chi connectivity index (χ1n) is 3.44. The summed E-state index contributed by atoms with van der Waals surface area (Å²) in [5.41, 5.74) is 6.37. The lowest BCUT2D eigenvalue weighted by molar-refractivity contribution is 0.933. The molecular weight excluding hydrogens is 162 g/mol. The minimum atomic E-state index is 0.371. The van der Waals surface area contributed by atoms with Crippen molar-refractivity contribution in [3.8, 4) is 0 Å². The van der Waals surface area contributed by atoms with Crippen LogP contribution >= 0.6 is 11.6 Å². The Labute approximate surface area is 70.6 Å². The SMILES string of the molecule is CCc1ncc(CCl)c(N)n1. The fourth-order valence-corrected chi connectivity index (χ4v) is 0.937. The van der Waals surface area contributed by atoms with E-state index in [0.29, 0.717) is 11.7 Å². The normalized spacial score (nSPS) is 10.0. The highest BCUT2D eigenvalue weighted by atomic mass is 35.5. The van der Waals surface area contributed by atoms with Crippen LogP contribution in [0.5, 0.6) is 0 Å². The number of halogens is 1. The van der Waals surface area contributed by atoms with Gasteiger partial charge in [-0.2, -0.15) is 0 Å². The summed E-state index contributed by atoms with van der Waals surface area (Å²) < 4.78 is 0. The number of nitrogen functional groups attached to an aromatic ring is 1. The third-order valence-corrected chi connectivity index (χ3v) is 1.70. The summed E-state index contributed by atoms with van der Waals surface area (Å²) in [5.74, 6) is 1.62. The summed E-state index contributed by atoms with van der Waals surface area (Å²) in [5, 5.41) is 0. The van der Waals surface area contributed by atoms with Crippen LogP contribution in [0.15, 0.2) is 6.20 Å². The first-order valence-corrected chi connectivity index (χ1v) is 3.97. The fraction of sp³-hybridized carbons (Fsp3) is 0.429. The molecule has 0 aliphatic heterocycles. The zero-order valence-electron chi connectivity index (χ0n) is 6.34. The van der Waals surface area contributed by atoms with Crippen LogP contribution in [0.3, 0.4) is 0 Å². The third kappa shape index (κ3) is 1.80. The van der Waals surface area contributed by atoms with E-state index in [2.05, 4.69) is 9.97 Å². The maximum Gasteiger partial charge on any atom is 0.131 e. The zero-order valence-corrected chi connectivity index (χ0v) is 7.10. The van der Waals surface area contributed by atoms with Crippen molar-refractivity contribution < 1.29 is 0 Å². The molecule has 1 heterocycles. The second-order valence-electron chi connectivity index (χ2n) is 2.18. The van der Waals surface area contributed by atoms with E-state index in [1.807, 2.05) is 6.92 Å². The Morgan fingerprint density at radius 2 is 2.36 bits per heavy atom. The van der Waals surface area contributed by atoms with E-state index in [9.17, 15) is 0 Å². The van der Waals surface area contributed by atoms with E-state index < -0.39 is 0 Å². The number of nitrogens with zero attached hydrogens (tertiary/aromatic N) is 2. The second-order valence-corrected chi connectivity index (χ2v) is 2.45. The van der Waals surface area contributed by atoms with Gasteiger partial charge in [0.05, 0.1) is 5.88 Å². The van der Waals surface area contributed by atoms with Crippen molar-refractivity contribution in [1.29, 1.82) is 0 Å². The highest BCUT2D eigenvalue weighted by molar-refractivity contribution is 6.17. The Morgan fingerprint density at radius 3 is 2.82 bits per heavy atom. The predicted molar refractivity (Wildman–Crippen MR) is 45.4 cm³/mol. The lowest BCUT2D eigenvalue weighted by Gasteiger charge is -2.00. The summed E-state index contributed by atoms with van der Waals surface area (Å²) in [4.78, 5) is 8.10. The standard InChI is InChI=1S/C7H10ClN3/c1-2-6-10-4-5(3-8)7(9)11-6/h4H,2-3H2,1H3,(H2,9,10,11). The minimum Gasteiger partial charge on any atom is -0.383 e.